The molecule has 4 aromatic rings. The van der Waals surface area contributed by atoms with Gasteiger partial charge in [-0.3, -0.25) is 4.79 Å². The molecule has 0 atom stereocenters. The Kier molecular flexibility index (Phi) is 6.53. The Hall–Kier alpha value is -4.27. The van der Waals surface area contributed by atoms with E-state index in [2.05, 4.69) is 15.5 Å². The van der Waals surface area contributed by atoms with Crippen LogP contribution in [0, 0.1) is 5.82 Å². The molecule has 0 aliphatic carbocycles. The third-order valence-corrected chi connectivity index (χ3v) is 5.11. The Labute approximate surface area is 196 Å². The third kappa shape index (κ3) is 4.73. The number of nitrogens with zero attached hydrogens (tertiary/aromatic N) is 4. The van der Waals surface area contributed by atoms with E-state index in [1.54, 1.807) is 54.2 Å². The van der Waals surface area contributed by atoms with Gasteiger partial charge in [0, 0.05) is 11.9 Å². The van der Waals surface area contributed by atoms with Crippen LogP contribution in [-0.2, 0) is 4.74 Å². The number of hydrogen-bond acceptors (Lipinski definition) is 5. The topological polar surface area (TPSA) is 91.0 Å². The van der Waals surface area contributed by atoms with E-state index >= 15 is 0 Å². The lowest BCUT2D eigenvalue weighted by Crippen LogP contribution is -2.15. The number of aromatic nitrogens is 4. The number of halogens is 1. The number of ether oxygens (including phenoxy) is 1. The van der Waals surface area contributed by atoms with Crippen LogP contribution in [0.4, 0.5) is 10.1 Å². The predicted molar refractivity (Wildman–Crippen MR) is 125 cm³/mol. The second-order valence-electron chi connectivity index (χ2n) is 7.86. The number of esters is 1. The van der Waals surface area contributed by atoms with Crippen molar-refractivity contribution in [3.8, 4) is 11.4 Å². The van der Waals surface area contributed by atoms with Gasteiger partial charge in [0.2, 0.25) is 0 Å². The van der Waals surface area contributed by atoms with E-state index in [1.807, 2.05) is 19.9 Å². The molecule has 0 saturated carbocycles. The average molecular weight is 461 g/mol. The highest BCUT2D eigenvalue weighted by molar-refractivity contribution is 6.05. The maximum absolute atomic E-state index is 13.3. The van der Waals surface area contributed by atoms with Crippen LogP contribution in [0.3, 0.4) is 0 Å². The summed E-state index contributed by atoms with van der Waals surface area (Å²) >= 11 is 0. The second kappa shape index (κ2) is 9.70. The molecule has 0 aliphatic heterocycles. The highest BCUT2D eigenvalue weighted by atomic mass is 19.1. The van der Waals surface area contributed by atoms with Crippen LogP contribution < -0.4 is 5.32 Å². The van der Waals surface area contributed by atoms with Crippen molar-refractivity contribution in [2.24, 2.45) is 0 Å². The summed E-state index contributed by atoms with van der Waals surface area (Å²) in [5.41, 5.74) is 3.23. The minimum absolute atomic E-state index is 0.00925. The van der Waals surface area contributed by atoms with E-state index in [0.29, 0.717) is 28.3 Å². The molecule has 174 valence electrons. The molecule has 2 aromatic carbocycles. The van der Waals surface area contributed by atoms with Gasteiger partial charge in [0.1, 0.15) is 5.82 Å². The lowest BCUT2D eigenvalue weighted by atomic mass is 10.0. The SMILES string of the molecule is CCOC(=O)c1ccn(-c2cccc(NC(=O)c3cnn(-c4ccc(F)cc4)c3C(C)C)c2)n1. The van der Waals surface area contributed by atoms with Gasteiger partial charge in [-0.2, -0.15) is 10.2 Å². The molecule has 2 aromatic heterocycles. The van der Waals surface area contributed by atoms with Crippen LogP contribution in [0.15, 0.2) is 67.0 Å². The van der Waals surface area contributed by atoms with Crippen LogP contribution in [0.25, 0.3) is 11.4 Å². The summed E-state index contributed by atoms with van der Waals surface area (Å²) in [6, 6.07) is 14.6. The fourth-order valence-electron chi connectivity index (χ4n) is 3.58. The summed E-state index contributed by atoms with van der Waals surface area (Å²) in [6.07, 6.45) is 3.16. The summed E-state index contributed by atoms with van der Waals surface area (Å²) in [7, 11) is 0. The van der Waals surface area contributed by atoms with Gasteiger partial charge in [0.05, 0.1) is 35.4 Å². The average Bonchev–Trinajstić information content (AvgIpc) is 3.48. The summed E-state index contributed by atoms with van der Waals surface area (Å²) < 4.78 is 21.5. The number of hydrogen-bond donors (Lipinski definition) is 1. The molecule has 4 rings (SSSR count). The summed E-state index contributed by atoms with van der Waals surface area (Å²) in [6.45, 7) is 5.93. The van der Waals surface area contributed by atoms with Crippen molar-refractivity contribution in [1.82, 2.24) is 19.6 Å². The Balaban J connectivity index is 1.58. The highest BCUT2D eigenvalue weighted by Crippen LogP contribution is 2.25. The third-order valence-electron chi connectivity index (χ3n) is 5.11. The predicted octanol–water partition coefficient (Wildman–Crippen LogP) is 4.75. The van der Waals surface area contributed by atoms with Gasteiger partial charge in [-0.25, -0.2) is 18.5 Å². The van der Waals surface area contributed by atoms with E-state index in [-0.39, 0.29) is 29.9 Å². The molecule has 2 heterocycles. The molecule has 0 aliphatic rings. The lowest BCUT2D eigenvalue weighted by molar-refractivity contribution is 0.0519. The zero-order valence-electron chi connectivity index (χ0n) is 19.0. The Bertz CT molecular complexity index is 1320. The molecule has 0 bridgehead atoms. The van der Waals surface area contributed by atoms with Gasteiger partial charge in [-0.15, -0.1) is 0 Å². The summed E-state index contributed by atoms with van der Waals surface area (Å²) in [5.74, 6) is -1.16. The Morgan fingerprint density at radius 2 is 1.85 bits per heavy atom. The molecule has 34 heavy (non-hydrogen) atoms. The van der Waals surface area contributed by atoms with Crippen molar-refractivity contribution in [3.63, 3.8) is 0 Å². The molecule has 0 radical (unpaired) electrons. The van der Waals surface area contributed by atoms with Crippen molar-refractivity contribution in [1.29, 1.82) is 0 Å². The molecule has 1 N–H and O–H groups in total. The van der Waals surface area contributed by atoms with Crippen LogP contribution >= 0.6 is 0 Å². The molecular formula is C25H24FN5O3. The first-order valence-electron chi connectivity index (χ1n) is 10.9. The molecule has 8 nitrogen and oxygen atoms in total. The smallest absolute Gasteiger partial charge is 0.358 e. The molecule has 0 fully saturated rings. The number of amides is 1. The molecule has 0 spiro atoms. The minimum atomic E-state index is -0.495. The number of nitrogens with one attached hydrogen (secondary N) is 1. The van der Waals surface area contributed by atoms with Gasteiger partial charge < -0.3 is 10.1 Å². The van der Waals surface area contributed by atoms with Crippen LogP contribution in [0.5, 0.6) is 0 Å². The molecular weight excluding hydrogens is 437 g/mol. The van der Waals surface area contributed by atoms with E-state index in [1.165, 1.54) is 23.0 Å². The maximum Gasteiger partial charge on any atom is 0.358 e. The molecule has 0 saturated heterocycles. The number of benzene rings is 2. The molecule has 9 heteroatoms. The largest absolute Gasteiger partial charge is 0.461 e. The quantitative estimate of drug-likeness (QED) is 0.401. The fourth-order valence-corrected chi connectivity index (χ4v) is 3.58. The lowest BCUT2D eigenvalue weighted by Gasteiger charge is -2.13. The van der Waals surface area contributed by atoms with Gasteiger partial charge in [-0.1, -0.05) is 19.9 Å². The zero-order chi connectivity index (χ0) is 24.2. The van der Waals surface area contributed by atoms with Gasteiger partial charge in [0.15, 0.2) is 5.69 Å². The first-order chi connectivity index (χ1) is 16.4. The van der Waals surface area contributed by atoms with Gasteiger partial charge in [0.25, 0.3) is 5.91 Å². The van der Waals surface area contributed by atoms with Crippen molar-refractivity contribution < 1.29 is 18.7 Å². The minimum Gasteiger partial charge on any atom is -0.461 e. The van der Waals surface area contributed by atoms with E-state index < -0.39 is 5.97 Å². The van der Waals surface area contributed by atoms with Gasteiger partial charge in [-0.05, 0) is 61.4 Å². The Morgan fingerprint density at radius 1 is 1.09 bits per heavy atom. The molecule has 0 unspecified atom stereocenters. The van der Waals surface area contributed by atoms with Crippen molar-refractivity contribution in [3.05, 3.63) is 89.8 Å². The monoisotopic (exact) mass is 461 g/mol. The normalized spacial score (nSPS) is 11.0. The second-order valence-corrected chi connectivity index (χ2v) is 7.86. The van der Waals surface area contributed by atoms with Crippen molar-refractivity contribution in [2.75, 3.05) is 11.9 Å². The van der Waals surface area contributed by atoms with Crippen molar-refractivity contribution >= 4 is 17.6 Å². The van der Waals surface area contributed by atoms with E-state index in [0.717, 1.165) is 0 Å². The molecule has 1 amide bonds. The summed E-state index contributed by atoms with van der Waals surface area (Å²) in [4.78, 5) is 25.0. The Morgan fingerprint density at radius 3 is 2.56 bits per heavy atom. The van der Waals surface area contributed by atoms with E-state index in [9.17, 15) is 14.0 Å². The standard InChI is InChI=1S/C25H24FN5O3/c1-4-34-25(33)22-12-13-30(29-22)20-7-5-6-18(14-20)28-24(32)21-15-27-31(23(21)16(2)3)19-10-8-17(26)9-11-19/h5-16H,4H2,1-3H3,(H,28,32). The number of carbonyl (C=O) groups excluding carboxylic acids is 2. The first-order valence-corrected chi connectivity index (χ1v) is 10.9. The summed E-state index contributed by atoms with van der Waals surface area (Å²) in [5, 5.41) is 11.5. The number of rotatable bonds is 7. The maximum atomic E-state index is 13.3. The number of carbonyl (C=O) groups is 2. The van der Waals surface area contributed by atoms with Crippen LogP contribution in [-0.4, -0.2) is 38.0 Å². The van der Waals surface area contributed by atoms with E-state index in [4.69, 9.17) is 4.74 Å². The van der Waals surface area contributed by atoms with Crippen LogP contribution in [0.2, 0.25) is 0 Å². The first kappa shape index (κ1) is 22.9. The highest BCUT2D eigenvalue weighted by Gasteiger charge is 2.21. The fraction of sp³-hybridized carbons (Fsp3) is 0.200. The van der Waals surface area contributed by atoms with Crippen LogP contribution in [0.1, 0.15) is 53.2 Å². The van der Waals surface area contributed by atoms with Crippen molar-refractivity contribution in [2.45, 2.75) is 26.7 Å². The zero-order valence-corrected chi connectivity index (χ0v) is 19.0. The van der Waals surface area contributed by atoms with Gasteiger partial charge >= 0.3 is 5.97 Å². The number of anilines is 1.